The summed E-state index contributed by atoms with van der Waals surface area (Å²) >= 11 is 0. The smallest absolute Gasteiger partial charge is 0.416 e. The van der Waals surface area contributed by atoms with Crippen LogP contribution in [0.5, 0.6) is 17.2 Å². The number of halogens is 3. The van der Waals surface area contributed by atoms with Crippen molar-refractivity contribution in [2.75, 3.05) is 26.6 Å². The average Bonchev–Trinajstić information content (AvgIpc) is 3.22. The summed E-state index contributed by atoms with van der Waals surface area (Å²) in [6.45, 7) is 1.72. The van der Waals surface area contributed by atoms with Crippen molar-refractivity contribution in [3.63, 3.8) is 0 Å². The van der Waals surface area contributed by atoms with Crippen molar-refractivity contribution in [1.29, 1.82) is 0 Å². The van der Waals surface area contributed by atoms with Gasteiger partial charge in [0.05, 0.1) is 38.9 Å². The van der Waals surface area contributed by atoms with Gasteiger partial charge in [-0.1, -0.05) is 0 Å². The monoisotopic (exact) mass is 461 g/mol. The van der Waals surface area contributed by atoms with E-state index >= 15 is 0 Å². The average molecular weight is 461 g/mol. The molecule has 3 rings (SSSR count). The fourth-order valence-electron chi connectivity index (χ4n) is 3.11. The fraction of sp³-hybridized carbons (Fsp3) is 0.217. The Balaban J connectivity index is 1.87. The van der Waals surface area contributed by atoms with Gasteiger partial charge in [-0.15, -0.1) is 0 Å². The lowest BCUT2D eigenvalue weighted by Crippen LogP contribution is -2.11. The highest BCUT2D eigenvalue weighted by Gasteiger charge is 2.31. The Hall–Kier alpha value is -3.95. The minimum absolute atomic E-state index is 0.00859. The van der Waals surface area contributed by atoms with Crippen molar-refractivity contribution in [2.45, 2.75) is 13.1 Å². The molecule has 0 atom stereocenters. The first-order valence-electron chi connectivity index (χ1n) is 9.67. The van der Waals surface area contributed by atoms with Crippen LogP contribution in [0.15, 0.2) is 48.9 Å². The Labute approximate surface area is 188 Å². The van der Waals surface area contributed by atoms with E-state index < -0.39 is 17.6 Å². The maximum atomic E-state index is 13.4. The molecule has 174 valence electrons. The van der Waals surface area contributed by atoms with Crippen LogP contribution < -0.4 is 19.5 Å². The van der Waals surface area contributed by atoms with Gasteiger partial charge in [-0.25, -0.2) is 4.98 Å². The van der Waals surface area contributed by atoms with E-state index in [-0.39, 0.29) is 11.4 Å². The van der Waals surface area contributed by atoms with Crippen molar-refractivity contribution in [2.24, 2.45) is 0 Å². The van der Waals surface area contributed by atoms with Gasteiger partial charge in [0.25, 0.3) is 0 Å². The fourth-order valence-corrected chi connectivity index (χ4v) is 3.11. The number of alkyl halides is 3. The molecule has 0 saturated heterocycles. The summed E-state index contributed by atoms with van der Waals surface area (Å²) in [5.41, 5.74) is 0.528. The lowest BCUT2D eigenvalue weighted by atomic mass is 10.1. The summed E-state index contributed by atoms with van der Waals surface area (Å²) in [4.78, 5) is 16.5. The second kappa shape index (κ2) is 9.68. The molecule has 0 aliphatic heterocycles. The molecule has 33 heavy (non-hydrogen) atoms. The van der Waals surface area contributed by atoms with Gasteiger partial charge in [0.2, 0.25) is 11.7 Å². The number of rotatable bonds is 7. The normalized spacial score (nSPS) is 11.5. The number of hydrogen-bond acceptors (Lipinski definition) is 5. The predicted octanol–water partition coefficient (Wildman–Crippen LogP) is 4.88. The highest BCUT2D eigenvalue weighted by atomic mass is 19.4. The molecule has 10 heteroatoms. The number of aromatic nitrogens is 2. The van der Waals surface area contributed by atoms with Crippen molar-refractivity contribution in [1.82, 2.24) is 9.55 Å². The summed E-state index contributed by atoms with van der Waals surface area (Å²) < 4.78 is 57.4. The first-order chi connectivity index (χ1) is 15.6. The highest BCUT2D eigenvalue weighted by molar-refractivity contribution is 6.02. The van der Waals surface area contributed by atoms with Gasteiger partial charge in [-0.2, -0.15) is 13.2 Å². The maximum Gasteiger partial charge on any atom is 0.416 e. The molecular formula is C23H22F3N3O4. The third-order valence-corrected chi connectivity index (χ3v) is 4.64. The molecule has 0 unspecified atom stereocenters. The molecule has 0 saturated carbocycles. The Bertz CT molecular complexity index is 1160. The predicted molar refractivity (Wildman–Crippen MR) is 117 cm³/mol. The van der Waals surface area contributed by atoms with E-state index in [1.54, 1.807) is 25.3 Å². The number of aryl methyl sites for hydroxylation is 1. The third-order valence-electron chi connectivity index (χ3n) is 4.64. The van der Waals surface area contributed by atoms with Crippen molar-refractivity contribution in [3.05, 3.63) is 65.8 Å². The quantitative estimate of drug-likeness (QED) is 0.508. The number of ether oxygens (including phenoxy) is 3. The third kappa shape index (κ3) is 5.65. The van der Waals surface area contributed by atoms with E-state index in [2.05, 4.69) is 10.3 Å². The molecule has 1 N–H and O–H groups in total. The molecule has 0 fully saturated rings. The highest BCUT2D eigenvalue weighted by Crippen LogP contribution is 2.38. The molecule has 0 spiro atoms. The first-order valence-corrected chi connectivity index (χ1v) is 9.67. The van der Waals surface area contributed by atoms with Crippen molar-refractivity contribution < 1.29 is 32.2 Å². The number of imidazole rings is 1. The number of carbonyl (C=O) groups is 1. The van der Waals surface area contributed by atoms with E-state index in [9.17, 15) is 18.0 Å². The summed E-state index contributed by atoms with van der Waals surface area (Å²) in [7, 11) is 4.40. The van der Waals surface area contributed by atoms with E-state index in [0.29, 0.717) is 28.5 Å². The van der Waals surface area contributed by atoms with Crippen molar-refractivity contribution in [3.8, 4) is 22.9 Å². The van der Waals surface area contributed by atoms with E-state index in [1.165, 1.54) is 50.4 Å². The van der Waals surface area contributed by atoms with Crippen LogP contribution in [0.2, 0.25) is 0 Å². The lowest BCUT2D eigenvalue weighted by Gasteiger charge is -2.13. The molecule has 3 aromatic rings. The number of amides is 1. The zero-order chi connectivity index (χ0) is 24.2. The Morgan fingerprint density at radius 2 is 1.70 bits per heavy atom. The van der Waals surface area contributed by atoms with Crippen LogP contribution in [0, 0.1) is 6.92 Å². The number of nitrogens with one attached hydrogen (secondary N) is 1. The summed E-state index contributed by atoms with van der Waals surface area (Å²) in [5, 5.41) is 2.47. The van der Waals surface area contributed by atoms with Crippen LogP contribution in [0.25, 0.3) is 11.8 Å². The molecule has 0 radical (unpaired) electrons. The minimum atomic E-state index is -4.59. The first kappa shape index (κ1) is 23.7. The molecule has 2 aromatic carbocycles. The number of nitrogens with zero attached hydrogens (tertiary/aromatic N) is 2. The van der Waals surface area contributed by atoms with Gasteiger partial charge in [0.15, 0.2) is 11.5 Å². The van der Waals surface area contributed by atoms with Crippen LogP contribution in [-0.4, -0.2) is 36.8 Å². The Morgan fingerprint density at radius 1 is 1.03 bits per heavy atom. The summed E-state index contributed by atoms with van der Waals surface area (Å²) in [6, 6.07) is 6.56. The van der Waals surface area contributed by atoms with Crippen LogP contribution in [-0.2, 0) is 11.0 Å². The van der Waals surface area contributed by atoms with Gasteiger partial charge >= 0.3 is 6.18 Å². The second-order valence-corrected chi connectivity index (χ2v) is 6.97. The Morgan fingerprint density at radius 3 is 2.21 bits per heavy atom. The molecule has 0 aliphatic rings. The molecule has 0 bridgehead atoms. The van der Waals surface area contributed by atoms with Gasteiger partial charge < -0.3 is 24.1 Å². The summed E-state index contributed by atoms with van der Waals surface area (Å²) in [5.74, 6) is 0.578. The zero-order valence-electron chi connectivity index (χ0n) is 18.4. The van der Waals surface area contributed by atoms with Crippen LogP contribution in [0.1, 0.15) is 16.8 Å². The molecule has 0 aliphatic carbocycles. The molecule has 1 aromatic heterocycles. The van der Waals surface area contributed by atoms with Gasteiger partial charge in [-0.3, -0.25) is 4.79 Å². The largest absolute Gasteiger partial charge is 0.493 e. The number of anilines is 1. The van der Waals surface area contributed by atoms with Gasteiger partial charge in [0.1, 0.15) is 0 Å². The van der Waals surface area contributed by atoms with Crippen molar-refractivity contribution >= 4 is 17.7 Å². The minimum Gasteiger partial charge on any atom is -0.493 e. The maximum absolute atomic E-state index is 13.4. The second-order valence-electron chi connectivity index (χ2n) is 6.97. The lowest BCUT2D eigenvalue weighted by molar-refractivity contribution is -0.137. The van der Waals surface area contributed by atoms with Crippen LogP contribution in [0.4, 0.5) is 18.9 Å². The molecule has 1 amide bonds. The Kier molecular flexibility index (Phi) is 6.95. The standard InChI is InChI=1S/C23H22F3N3O4/c1-14-12-29(13-27-14)18-10-16(23(24,25)26)9-17(11-18)28-21(30)6-5-15-7-19(31-2)22(33-4)20(8-15)32-3/h5-13H,1-4H3,(H,28,30)/b6-5+. The SMILES string of the molecule is COc1cc(/C=C/C(=O)Nc2cc(-n3cnc(C)c3)cc(C(F)(F)F)c2)cc(OC)c1OC. The van der Waals surface area contributed by atoms with Gasteiger partial charge in [0, 0.05) is 23.6 Å². The van der Waals surface area contributed by atoms with Gasteiger partial charge in [-0.05, 0) is 48.9 Å². The van der Waals surface area contributed by atoms with E-state index in [0.717, 1.165) is 12.1 Å². The topological polar surface area (TPSA) is 74.6 Å². The van der Waals surface area contributed by atoms with Crippen LogP contribution in [0.3, 0.4) is 0 Å². The number of benzene rings is 2. The molecule has 1 heterocycles. The number of methoxy groups -OCH3 is 3. The zero-order valence-corrected chi connectivity index (χ0v) is 18.4. The summed E-state index contributed by atoms with van der Waals surface area (Å²) in [6.07, 6.45) is 1.08. The van der Waals surface area contributed by atoms with E-state index in [4.69, 9.17) is 14.2 Å². The number of carbonyl (C=O) groups excluding carboxylic acids is 1. The molecular weight excluding hydrogens is 439 g/mol. The number of hydrogen-bond donors (Lipinski definition) is 1. The van der Waals surface area contributed by atoms with Crippen LogP contribution >= 0.6 is 0 Å². The van der Waals surface area contributed by atoms with E-state index in [1.807, 2.05) is 0 Å². The molecule has 7 nitrogen and oxygen atoms in total.